The maximum absolute atomic E-state index is 13.2. The highest BCUT2D eigenvalue weighted by molar-refractivity contribution is 6.25. The van der Waals surface area contributed by atoms with Crippen molar-refractivity contribution < 1.29 is 80.8 Å². The number of imide groups is 2. The zero-order valence-corrected chi connectivity index (χ0v) is 38.0. The number of hydrogen-bond donors (Lipinski definition) is 2. The van der Waals surface area contributed by atoms with Crippen LogP contribution >= 0.6 is 0 Å². The molecule has 1 unspecified atom stereocenters. The highest BCUT2D eigenvalue weighted by atomic mass is 16.6. The molecule has 0 bridgehead atoms. The molecule has 21 nitrogen and oxygen atoms in total. The lowest BCUT2D eigenvalue weighted by Gasteiger charge is -2.27. The standard InChI is InChI=1S/C43H70N4O17/c1-43(2,3)64-42(52)46(4)11-13-54-15-17-56-19-21-58-23-25-60-27-29-62-31-33-63-32-30-61-28-26-59-24-22-57-20-18-55-16-14-53-12-10-44-35-7-5-6-34-38(35)41(51)47(40(34)50)36-8-9-37(48)45-39(36)49/h5-7,36,44H,8-33H2,1-4H3,(H,45,48,49). The van der Waals surface area contributed by atoms with Crippen molar-refractivity contribution in [3.05, 3.63) is 29.3 Å². The first-order valence-corrected chi connectivity index (χ1v) is 21.9. The van der Waals surface area contributed by atoms with Gasteiger partial charge in [-0.3, -0.25) is 29.4 Å². The number of anilines is 1. The summed E-state index contributed by atoms with van der Waals surface area (Å²) in [7, 11) is 1.67. The van der Waals surface area contributed by atoms with Crippen molar-refractivity contribution in [1.29, 1.82) is 0 Å². The number of carbonyl (C=O) groups excluding carboxylic acids is 5. The molecule has 364 valence electrons. The Bertz CT molecular complexity index is 1510. The Morgan fingerprint density at radius 1 is 0.625 bits per heavy atom. The summed E-state index contributed by atoms with van der Waals surface area (Å²) in [6.07, 6.45) is -0.215. The normalized spacial score (nSPS) is 15.2. The van der Waals surface area contributed by atoms with Crippen molar-refractivity contribution in [2.75, 3.05) is 171 Å². The fraction of sp³-hybridized carbons (Fsp3) is 0.744. The number of rotatable bonds is 38. The molecule has 2 aliphatic heterocycles. The van der Waals surface area contributed by atoms with Crippen molar-refractivity contribution in [1.82, 2.24) is 15.1 Å². The monoisotopic (exact) mass is 914 g/mol. The van der Waals surface area contributed by atoms with E-state index >= 15 is 0 Å². The van der Waals surface area contributed by atoms with Crippen molar-refractivity contribution in [2.24, 2.45) is 0 Å². The van der Waals surface area contributed by atoms with Crippen LogP contribution in [0, 0.1) is 0 Å². The van der Waals surface area contributed by atoms with Crippen LogP contribution in [0.2, 0.25) is 0 Å². The van der Waals surface area contributed by atoms with E-state index in [1.54, 1.807) is 25.2 Å². The number of piperidine rings is 1. The minimum Gasteiger partial charge on any atom is -0.444 e. The quantitative estimate of drug-likeness (QED) is 0.0709. The van der Waals surface area contributed by atoms with E-state index in [1.807, 2.05) is 20.8 Å². The van der Waals surface area contributed by atoms with E-state index in [1.165, 1.54) is 4.90 Å². The molecule has 3 rings (SSSR count). The lowest BCUT2D eigenvalue weighted by Crippen LogP contribution is -2.54. The van der Waals surface area contributed by atoms with Gasteiger partial charge in [-0.2, -0.15) is 0 Å². The molecule has 1 aromatic rings. The second-order valence-corrected chi connectivity index (χ2v) is 15.2. The van der Waals surface area contributed by atoms with Gasteiger partial charge in [0.2, 0.25) is 11.8 Å². The summed E-state index contributed by atoms with van der Waals surface area (Å²) in [6, 6.07) is 3.89. The molecule has 5 amide bonds. The molecule has 21 heteroatoms. The van der Waals surface area contributed by atoms with E-state index in [-0.39, 0.29) is 30.1 Å². The van der Waals surface area contributed by atoms with Gasteiger partial charge in [-0.1, -0.05) is 6.07 Å². The number of amides is 5. The summed E-state index contributed by atoms with van der Waals surface area (Å²) < 4.78 is 65.9. The third kappa shape index (κ3) is 22.8. The van der Waals surface area contributed by atoms with Crippen LogP contribution < -0.4 is 10.6 Å². The predicted octanol–water partition coefficient (Wildman–Crippen LogP) is 1.55. The first kappa shape index (κ1) is 54.5. The third-order valence-electron chi connectivity index (χ3n) is 9.03. The molecule has 0 saturated carbocycles. The van der Waals surface area contributed by atoms with Crippen molar-refractivity contribution in [3.8, 4) is 0 Å². The van der Waals surface area contributed by atoms with Gasteiger partial charge in [0.1, 0.15) is 11.6 Å². The van der Waals surface area contributed by atoms with Gasteiger partial charge in [0.15, 0.2) is 0 Å². The molecule has 0 aliphatic carbocycles. The predicted molar refractivity (Wildman–Crippen MR) is 229 cm³/mol. The van der Waals surface area contributed by atoms with Crippen LogP contribution in [0.5, 0.6) is 0 Å². The van der Waals surface area contributed by atoms with Gasteiger partial charge in [-0.15, -0.1) is 0 Å². The summed E-state index contributed by atoms with van der Waals surface area (Å²) in [4.78, 5) is 64.3. The molecule has 0 spiro atoms. The zero-order valence-electron chi connectivity index (χ0n) is 38.0. The second-order valence-electron chi connectivity index (χ2n) is 15.2. The van der Waals surface area contributed by atoms with E-state index in [0.29, 0.717) is 164 Å². The van der Waals surface area contributed by atoms with E-state index < -0.39 is 35.3 Å². The lowest BCUT2D eigenvalue weighted by atomic mass is 10.0. The van der Waals surface area contributed by atoms with Crippen LogP contribution in [-0.2, 0) is 66.4 Å². The van der Waals surface area contributed by atoms with Gasteiger partial charge >= 0.3 is 6.09 Å². The van der Waals surface area contributed by atoms with E-state index in [4.69, 9.17) is 56.8 Å². The Labute approximate surface area is 376 Å². The molecule has 2 N–H and O–H groups in total. The Kier molecular flexibility index (Phi) is 27.9. The molecular formula is C43H70N4O17. The molecule has 2 aliphatic rings. The lowest BCUT2D eigenvalue weighted by molar-refractivity contribution is -0.136. The summed E-state index contributed by atoms with van der Waals surface area (Å²) in [5.74, 6) is -2.18. The average Bonchev–Trinajstić information content (AvgIpc) is 3.51. The van der Waals surface area contributed by atoms with E-state index in [9.17, 15) is 24.0 Å². The van der Waals surface area contributed by atoms with E-state index in [0.717, 1.165) is 4.90 Å². The second kappa shape index (κ2) is 32.7. The molecule has 2 heterocycles. The van der Waals surface area contributed by atoms with Crippen molar-refractivity contribution in [3.63, 3.8) is 0 Å². The average molecular weight is 915 g/mol. The molecular weight excluding hydrogens is 844 g/mol. The van der Waals surface area contributed by atoms with Gasteiger partial charge in [-0.05, 0) is 39.3 Å². The number of benzene rings is 1. The first-order valence-electron chi connectivity index (χ1n) is 21.9. The first-order chi connectivity index (χ1) is 31.0. The van der Waals surface area contributed by atoms with Crippen LogP contribution in [0.15, 0.2) is 18.2 Å². The summed E-state index contributed by atoms with van der Waals surface area (Å²) >= 11 is 0. The van der Waals surface area contributed by atoms with Gasteiger partial charge in [0.25, 0.3) is 11.8 Å². The van der Waals surface area contributed by atoms with Crippen LogP contribution in [0.4, 0.5) is 10.5 Å². The van der Waals surface area contributed by atoms with Crippen LogP contribution in [-0.4, -0.2) is 217 Å². The minimum absolute atomic E-state index is 0.0614. The van der Waals surface area contributed by atoms with Crippen LogP contribution in [0.1, 0.15) is 54.3 Å². The zero-order chi connectivity index (χ0) is 46.3. The molecule has 1 fully saturated rings. The number of carbonyl (C=O) groups is 5. The maximum atomic E-state index is 13.2. The highest BCUT2D eigenvalue weighted by Crippen LogP contribution is 2.32. The third-order valence-corrected chi connectivity index (χ3v) is 9.03. The number of nitrogens with zero attached hydrogens (tertiary/aromatic N) is 2. The molecule has 0 aromatic heterocycles. The highest BCUT2D eigenvalue weighted by Gasteiger charge is 2.45. The van der Waals surface area contributed by atoms with Gasteiger partial charge in [0.05, 0.1) is 156 Å². The minimum atomic E-state index is -1.02. The SMILES string of the molecule is CN(CCOCCOCCOCCOCCOCCOCCOCCOCCOCCOCCOCCNc1cccc2c1C(=O)N(C1CCC(=O)NC1=O)C2=O)C(=O)OC(C)(C)C. The van der Waals surface area contributed by atoms with Gasteiger partial charge < -0.3 is 67.1 Å². The summed E-state index contributed by atoms with van der Waals surface area (Å²) in [6.45, 7) is 15.9. The fourth-order valence-electron chi connectivity index (χ4n) is 5.85. The number of fused-ring (bicyclic) bond motifs is 1. The Morgan fingerprint density at radius 3 is 1.44 bits per heavy atom. The maximum Gasteiger partial charge on any atom is 0.410 e. The van der Waals surface area contributed by atoms with Crippen LogP contribution in [0.3, 0.4) is 0 Å². The molecule has 1 atom stereocenters. The number of nitrogens with one attached hydrogen (secondary N) is 2. The fourth-order valence-corrected chi connectivity index (χ4v) is 5.85. The largest absolute Gasteiger partial charge is 0.444 e. The van der Waals surface area contributed by atoms with Gasteiger partial charge in [0, 0.05) is 32.2 Å². The van der Waals surface area contributed by atoms with Crippen LogP contribution in [0.25, 0.3) is 0 Å². The molecule has 64 heavy (non-hydrogen) atoms. The Balaban J connectivity index is 0.971. The van der Waals surface area contributed by atoms with Crippen molar-refractivity contribution >= 4 is 35.4 Å². The van der Waals surface area contributed by atoms with E-state index in [2.05, 4.69) is 10.6 Å². The topological polar surface area (TPSA) is 227 Å². The van der Waals surface area contributed by atoms with Gasteiger partial charge in [-0.25, -0.2) is 4.79 Å². The number of likely N-dealkylation sites (N-methyl/N-ethyl adjacent to an activating group) is 1. The number of ether oxygens (including phenoxy) is 12. The Hall–Kier alpha value is -3.87. The number of hydrogen-bond acceptors (Lipinski definition) is 18. The van der Waals surface area contributed by atoms with Crippen molar-refractivity contribution in [2.45, 2.75) is 45.3 Å². The summed E-state index contributed by atoms with van der Waals surface area (Å²) in [5, 5.41) is 5.33. The molecule has 1 aromatic carbocycles. The summed E-state index contributed by atoms with van der Waals surface area (Å²) in [5.41, 5.74) is 0.370. The molecule has 1 saturated heterocycles. The smallest absolute Gasteiger partial charge is 0.410 e. The Morgan fingerprint density at radius 2 is 1.03 bits per heavy atom. The molecule has 0 radical (unpaired) electrons.